The van der Waals surface area contributed by atoms with Crippen molar-refractivity contribution in [1.29, 1.82) is 0 Å². The van der Waals surface area contributed by atoms with Gasteiger partial charge in [-0.3, -0.25) is 4.90 Å². The zero-order chi connectivity index (χ0) is 14.0. The summed E-state index contributed by atoms with van der Waals surface area (Å²) in [5.41, 5.74) is 7.15. The maximum atomic E-state index is 6.38. The predicted octanol–water partition coefficient (Wildman–Crippen LogP) is 3.93. The number of nitrogens with two attached hydrogens (primary N) is 1. The zero-order valence-electron chi connectivity index (χ0n) is 11.3. The number of benzene rings is 1. The molecule has 5 heteroatoms. The molecule has 0 radical (unpaired) electrons. The Bertz CT molecular complexity index is 433. The lowest BCUT2D eigenvalue weighted by Gasteiger charge is -2.39. The van der Waals surface area contributed by atoms with Gasteiger partial charge in [-0.2, -0.15) is 11.8 Å². The highest BCUT2D eigenvalue weighted by Crippen LogP contribution is 2.34. The summed E-state index contributed by atoms with van der Waals surface area (Å²) in [5.74, 6) is 0. The molecule has 1 aliphatic heterocycles. The SMILES string of the molecule is CC1CN(C(CN)c2ccc(Br)cc2Cl)CC(C)S1. The molecule has 0 bridgehead atoms. The molecule has 106 valence electrons. The Labute approximate surface area is 133 Å². The molecular formula is C14H20BrClN2S. The standard InChI is InChI=1S/C14H20BrClN2S/c1-9-7-18(8-10(2)19-9)14(6-17)12-4-3-11(15)5-13(12)16/h3-5,9-10,14H,6-8,17H2,1-2H3. The quantitative estimate of drug-likeness (QED) is 0.882. The van der Waals surface area contributed by atoms with Gasteiger partial charge in [-0.15, -0.1) is 0 Å². The van der Waals surface area contributed by atoms with Crippen molar-refractivity contribution in [2.24, 2.45) is 5.73 Å². The minimum atomic E-state index is 0.214. The summed E-state index contributed by atoms with van der Waals surface area (Å²) in [4.78, 5) is 2.47. The summed E-state index contributed by atoms with van der Waals surface area (Å²) in [6, 6.07) is 6.29. The first-order valence-corrected chi connectivity index (χ1v) is 8.67. The van der Waals surface area contributed by atoms with Gasteiger partial charge in [-0.25, -0.2) is 0 Å². The Morgan fingerprint density at radius 1 is 1.42 bits per heavy atom. The summed E-state index contributed by atoms with van der Waals surface area (Å²) in [5, 5.41) is 2.09. The minimum absolute atomic E-state index is 0.214. The van der Waals surface area contributed by atoms with Gasteiger partial charge < -0.3 is 5.73 Å². The van der Waals surface area contributed by atoms with Crippen LogP contribution in [0.4, 0.5) is 0 Å². The van der Waals surface area contributed by atoms with E-state index in [1.807, 2.05) is 12.1 Å². The van der Waals surface area contributed by atoms with Crippen molar-refractivity contribution in [3.63, 3.8) is 0 Å². The monoisotopic (exact) mass is 362 g/mol. The molecule has 1 aliphatic rings. The molecule has 0 amide bonds. The van der Waals surface area contributed by atoms with E-state index in [1.165, 1.54) is 0 Å². The lowest BCUT2D eigenvalue weighted by molar-refractivity contribution is 0.199. The van der Waals surface area contributed by atoms with Gasteiger partial charge in [0.05, 0.1) is 0 Å². The van der Waals surface area contributed by atoms with Crippen LogP contribution in [0.15, 0.2) is 22.7 Å². The van der Waals surface area contributed by atoms with Crippen LogP contribution >= 0.6 is 39.3 Å². The van der Waals surface area contributed by atoms with Crippen LogP contribution in [0.2, 0.25) is 5.02 Å². The fourth-order valence-corrected chi connectivity index (χ4v) is 4.86. The number of halogens is 2. The van der Waals surface area contributed by atoms with E-state index in [0.717, 1.165) is 28.1 Å². The molecule has 2 nitrogen and oxygen atoms in total. The molecule has 0 saturated carbocycles. The van der Waals surface area contributed by atoms with Gasteiger partial charge >= 0.3 is 0 Å². The summed E-state index contributed by atoms with van der Waals surface area (Å²) < 4.78 is 1.01. The molecule has 3 atom stereocenters. The first-order valence-electron chi connectivity index (χ1n) is 6.55. The molecule has 0 aromatic heterocycles. The van der Waals surface area contributed by atoms with Crippen LogP contribution < -0.4 is 5.73 Å². The number of rotatable bonds is 3. The van der Waals surface area contributed by atoms with Crippen LogP contribution in [0.25, 0.3) is 0 Å². The van der Waals surface area contributed by atoms with Gasteiger partial charge in [0.25, 0.3) is 0 Å². The van der Waals surface area contributed by atoms with Crippen LogP contribution in [0.1, 0.15) is 25.5 Å². The van der Waals surface area contributed by atoms with Gasteiger partial charge in [0, 0.05) is 45.7 Å². The topological polar surface area (TPSA) is 29.3 Å². The Balaban J connectivity index is 2.23. The predicted molar refractivity (Wildman–Crippen MR) is 89.0 cm³/mol. The van der Waals surface area contributed by atoms with Gasteiger partial charge in [-0.05, 0) is 17.7 Å². The van der Waals surface area contributed by atoms with Crippen molar-refractivity contribution < 1.29 is 0 Å². The second-order valence-electron chi connectivity index (χ2n) is 5.13. The van der Waals surface area contributed by atoms with Crippen LogP contribution in [-0.2, 0) is 0 Å². The smallest absolute Gasteiger partial charge is 0.0486 e. The van der Waals surface area contributed by atoms with E-state index in [1.54, 1.807) is 0 Å². The zero-order valence-corrected chi connectivity index (χ0v) is 14.4. The average Bonchev–Trinajstić information content (AvgIpc) is 2.31. The Morgan fingerprint density at radius 3 is 2.58 bits per heavy atom. The first-order chi connectivity index (χ1) is 9.01. The molecule has 2 N–H and O–H groups in total. The van der Waals surface area contributed by atoms with E-state index in [0.29, 0.717) is 17.0 Å². The van der Waals surface area contributed by atoms with E-state index in [-0.39, 0.29) is 6.04 Å². The molecule has 1 fully saturated rings. The number of thioether (sulfide) groups is 1. The molecule has 0 aliphatic carbocycles. The van der Waals surface area contributed by atoms with Crippen molar-refractivity contribution in [3.8, 4) is 0 Å². The van der Waals surface area contributed by atoms with E-state index >= 15 is 0 Å². The van der Waals surface area contributed by atoms with Crippen LogP contribution in [-0.4, -0.2) is 35.0 Å². The minimum Gasteiger partial charge on any atom is -0.329 e. The van der Waals surface area contributed by atoms with Gasteiger partial charge in [-0.1, -0.05) is 47.4 Å². The third-order valence-corrected chi connectivity index (χ3v) is 5.48. The van der Waals surface area contributed by atoms with Gasteiger partial charge in [0.15, 0.2) is 0 Å². The van der Waals surface area contributed by atoms with Gasteiger partial charge in [0.2, 0.25) is 0 Å². The van der Waals surface area contributed by atoms with E-state index < -0.39 is 0 Å². The van der Waals surface area contributed by atoms with Crippen molar-refractivity contribution >= 4 is 39.3 Å². The fraction of sp³-hybridized carbons (Fsp3) is 0.571. The number of hydrogen-bond donors (Lipinski definition) is 1. The highest BCUT2D eigenvalue weighted by molar-refractivity contribution is 9.10. The molecule has 1 aromatic carbocycles. The van der Waals surface area contributed by atoms with E-state index in [2.05, 4.69) is 52.5 Å². The number of nitrogens with zero attached hydrogens (tertiary/aromatic N) is 1. The molecule has 19 heavy (non-hydrogen) atoms. The van der Waals surface area contributed by atoms with Crippen LogP contribution in [0, 0.1) is 0 Å². The maximum Gasteiger partial charge on any atom is 0.0486 e. The lowest BCUT2D eigenvalue weighted by Crippen LogP contribution is -2.44. The highest BCUT2D eigenvalue weighted by atomic mass is 79.9. The van der Waals surface area contributed by atoms with Crippen molar-refractivity contribution in [3.05, 3.63) is 33.3 Å². The van der Waals surface area contributed by atoms with E-state index in [9.17, 15) is 0 Å². The van der Waals surface area contributed by atoms with Gasteiger partial charge in [0.1, 0.15) is 0 Å². The molecule has 2 rings (SSSR count). The second kappa shape index (κ2) is 6.81. The third-order valence-electron chi connectivity index (χ3n) is 3.43. The molecule has 1 saturated heterocycles. The summed E-state index contributed by atoms with van der Waals surface area (Å²) in [6.07, 6.45) is 0. The maximum absolute atomic E-state index is 6.38. The first kappa shape index (κ1) is 15.6. The molecule has 3 unspecified atom stereocenters. The largest absolute Gasteiger partial charge is 0.329 e. The summed E-state index contributed by atoms with van der Waals surface area (Å²) in [6.45, 7) is 7.31. The molecular weight excluding hydrogens is 344 g/mol. The van der Waals surface area contributed by atoms with E-state index in [4.69, 9.17) is 17.3 Å². The molecule has 1 aromatic rings. The molecule has 0 spiro atoms. The van der Waals surface area contributed by atoms with Crippen molar-refractivity contribution in [2.75, 3.05) is 19.6 Å². The highest BCUT2D eigenvalue weighted by Gasteiger charge is 2.29. The van der Waals surface area contributed by atoms with Crippen LogP contribution in [0.3, 0.4) is 0 Å². The summed E-state index contributed by atoms with van der Waals surface area (Å²) in [7, 11) is 0. The number of hydrogen-bond acceptors (Lipinski definition) is 3. The second-order valence-corrected chi connectivity index (χ2v) is 8.33. The summed E-state index contributed by atoms with van der Waals surface area (Å²) >= 11 is 11.9. The Hall–Kier alpha value is 0.260. The van der Waals surface area contributed by atoms with Crippen molar-refractivity contribution in [1.82, 2.24) is 4.90 Å². The fourth-order valence-electron chi connectivity index (χ4n) is 2.72. The molecule has 1 heterocycles. The normalized spacial score (nSPS) is 26.4. The Morgan fingerprint density at radius 2 is 2.05 bits per heavy atom. The van der Waals surface area contributed by atoms with Crippen molar-refractivity contribution in [2.45, 2.75) is 30.4 Å². The van der Waals surface area contributed by atoms with Crippen LogP contribution in [0.5, 0.6) is 0 Å². The Kier molecular flexibility index (Phi) is 5.61. The third kappa shape index (κ3) is 3.88. The average molecular weight is 364 g/mol. The lowest BCUT2D eigenvalue weighted by atomic mass is 10.0.